The number of benzene rings is 2. The Kier molecular flexibility index (Phi) is 6.53. The van der Waals surface area contributed by atoms with Crippen LogP contribution in [-0.2, 0) is 22.5 Å². The van der Waals surface area contributed by atoms with E-state index in [0.29, 0.717) is 41.6 Å². The molecule has 2 heterocycles. The molecular formula is C24H26FN3O4. The van der Waals surface area contributed by atoms with Gasteiger partial charge in [0.2, 0.25) is 5.91 Å². The topological polar surface area (TPSA) is 92.6 Å². The van der Waals surface area contributed by atoms with Gasteiger partial charge < -0.3 is 25.0 Å². The first-order valence-corrected chi connectivity index (χ1v) is 10.6. The molecule has 2 amide bonds. The van der Waals surface area contributed by atoms with Gasteiger partial charge in [0.15, 0.2) is 0 Å². The molecule has 1 fully saturated rings. The Balaban J connectivity index is 1.56. The molecule has 0 bridgehead atoms. The van der Waals surface area contributed by atoms with Crippen LogP contribution in [0.25, 0.3) is 10.9 Å². The fourth-order valence-corrected chi connectivity index (χ4v) is 4.08. The Labute approximate surface area is 185 Å². The number of aromatic nitrogens is 1. The van der Waals surface area contributed by atoms with Gasteiger partial charge in [-0.2, -0.15) is 0 Å². The Morgan fingerprint density at radius 3 is 2.72 bits per heavy atom. The number of aliphatic hydroxyl groups excluding tert-OH is 1. The molecule has 7 nitrogen and oxygen atoms in total. The van der Waals surface area contributed by atoms with Gasteiger partial charge in [0.25, 0.3) is 5.91 Å². The Morgan fingerprint density at radius 1 is 1.22 bits per heavy atom. The molecule has 3 N–H and O–H groups in total. The van der Waals surface area contributed by atoms with Crippen LogP contribution in [0.1, 0.15) is 27.9 Å². The smallest absolute Gasteiger partial charge is 0.251 e. The summed E-state index contributed by atoms with van der Waals surface area (Å²) in [5.41, 5.74) is 2.78. The van der Waals surface area contributed by atoms with Crippen molar-refractivity contribution in [3.63, 3.8) is 0 Å². The highest BCUT2D eigenvalue weighted by molar-refractivity contribution is 5.94. The van der Waals surface area contributed by atoms with Gasteiger partial charge in [-0.25, -0.2) is 4.39 Å². The lowest BCUT2D eigenvalue weighted by atomic mass is 10.0. The fraction of sp³-hybridized carbons (Fsp3) is 0.333. The molecule has 32 heavy (non-hydrogen) atoms. The number of hydrogen-bond acceptors (Lipinski definition) is 4. The van der Waals surface area contributed by atoms with Crippen LogP contribution in [0.2, 0.25) is 0 Å². The second-order valence-corrected chi connectivity index (χ2v) is 7.97. The summed E-state index contributed by atoms with van der Waals surface area (Å²) in [5.74, 6) is -0.814. The van der Waals surface area contributed by atoms with E-state index in [1.807, 2.05) is 22.8 Å². The van der Waals surface area contributed by atoms with E-state index in [1.54, 1.807) is 31.4 Å². The molecule has 2 atom stereocenters. The monoisotopic (exact) mass is 439 g/mol. The van der Waals surface area contributed by atoms with Crippen molar-refractivity contribution < 1.29 is 23.8 Å². The quantitative estimate of drug-likeness (QED) is 0.548. The number of ether oxygens (including phenoxy) is 1. The van der Waals surface area contributed by atoms with Crippen LogP contribution < -0.4 is 10.6 Å². The number of carbonyl (C=O) groups is 2. The zero-order valence-corrected chi connectivity index (χ0v) is 17.8. The molecular weight excluding hydrogens is 413 g/mol. The summed E-state index contributed by atoms with van der Waals surface area (Å²) < 4.78 is 21.8. The third kappa shape index (κ3) is 4.66. The van der Waals surface area contributed by atoms with Crippen molar-refractivity contribution in [2.24, 2.45) is 0 Å². The lowest BCUT2D eigenvalue weighted by Crippen LogP contribution is -2.49. The standard InChI is InChI=1S/C24H26FN3O4/c1-26-24(31)16-7-5-15(6-8-16)12-28-13-17(23-18(25)3-2-4-20(23)28)11-22(30)27-19-9-10-32-14-21(19)29/h2-8,13,19,21,29H,9-12,14H2,1H3,(H,26,31)(H,27,30). The predicted molar refractivity (Wildman–Crippen MR) is 118 cm³/mol. The third-order valence-electron chi connectivity index (χ3n) is 5.75. The zero-order chi connectivity index (χ0) is 22.7. The SMILES string of the molecule is CNC(=O)c1ccc(Cn2cc(CC(=O)NC3CCOCC3O)c3c(F)cccc32)cc1. The van der Waals surface area contributed by atoms with Crippen molar-refractivity contribution in [2.75, 3.05) is 20.3 Å². The number of halogens is 1. The van der Waals surface area contributed by atoms with E-state index in [-0.39, 0.29) is 36.7 Å². The number of aliphatic hydroxyl groups is 1. The van der Waals surface area contributed by atoms with Gasteiger partial charge in [0.1, 0.15) is 5.82 Å². The summed E-state index contributed by atoms with van der Waals surface area (Å²) in [7, 11) is 1.58. The van der Waals surface area contributed by atoms with Crippen molar-refractivity contribution in [3.05, 3.63) is 71.2 Å². The summed E-state index contributed by atoms with van der Waals surface area (Å²) in [6.45, 7) is 1.14. The number of nitrogens with zero attached hydrogens (tertiary/aromatic N) is 1. The van der Waals surface area contributed by atoms with Crippen molar-refractivity contribution in [1.29, 1.82) is 0 Å². The maximum Gasteiger partial charge on any atom is 0.251 e. The lowest BCUT2D eigenvalue weighted by molar-refractivity contribution is -0.123. The van der Waals surface area contributed by atoms with Gasteiger partial charge >= 0.3 is 0 Å². The van der Waals surface area contributed by atoms with Gasteiger partial charge in [-0.1, -0.05) is 18.2 Å². The molecule has 1 aliphatic rings. The summed E-state index contributed by atoms with van der Waals surface area (Å²) >= 11 is 0. The van der Waals surface area contributed by atoms with E-state index in [4.69, 9.17) is 4.74 Å². The molecule has 168 valence electrons. The first-order chi connectivity index (χ1) is 15.5. The number of rotatable bonds is 6. The highest BCUT2D eigenvalue weighted by Crippen LogP contribution is 2.26. The van der Waals surface area contributed by atoms with E-state index >= 15 is 0 Å². The summed E-state index contributed by atoms with van der Waals surface area (Å²) in [4.78, 5) is 24.4. The summed E-state index contributed by atoms with van der Waals surface area (Å²) in [6.07, 6.45) is 1.59. The first kappa shape index (κ1) is 22.0. The summed E-state index contributed by atoms with van der Waals surface area (Å²) in [5, 5.41) is 15.9. The van der Waals surface area contributed by atoms with Gasteiger partial charge in [-0.15, -0.1) is 0 Å². The minimum absolute atomic E-state index is 0.00409. The molecule has 0 saturated carbocycles. The Hall–Kier alpha value is -3.23. The van der Waals surface area contributed by atoms with Crippen LogP contribution in [0.3, 0.4) is 0 Å². The van der Waals surface area contributed by atoms with Crippen molar-refractivity contribution >= 4 is 22.7 Å². The largest absolute Gasteiger partial charge is 0.389 e. The third-order valence-corrected chi connectivity index (χ3v) is 5.75. The Bertz CT molecular complexity index is 1130. The average molecular weight is 439 g/mol. The molecule has 4 rings (SSSR count). The van der Waals surface area contributed by atoms with Crippen LogP contribution in [0.15, 0.2) is 48.7 Å². The van der Waals surface area contributed by atoms with Crippen LogP contribution >= 0.6 is 0 Å². The first-order valence-electron chi connectivity index (χ1n) is 10.6. The van der Waals surface area contributed by atoms with Crippen LogP contribution in [0, 0.1) is 5.82 Å². The molecule has 2 aromatic carbocycles. The van der Waals surface area contributed by atoms with Gasteiger partial charge in [-0.05, 0) is 41.8 Å². The average Bonchev–Trinajstić information content (AvgIpc) is 3.13. The number of hydrogen-bond donors (Lipinski definition) is 3. The summed E-state index contributed by atoms with van der Waals surface area (Å²) in [6, 6.07) is 11.7. The van der Waals surface area contributed by atoms with Gasteiger partial charge in [0.05, 0.1) is 30.7 Å². The lowest BCUT2D eigenvalue weighted by Gasteiger charge is -2.28. The van der Waals surface area contributed by atoms with Crippen LogP contribution in [0.4, 0.5) is 4.39 Å². The second kappa shape index (κ2) is 9.50. The zero-order valence-electron chi connectivity index (χ0n) is 17.8. The number of carbonyl (C=O) groups excluding carboxylic acids is 2. The molecule has 1 aliphatic heterocycles. The van der Waals surface area contributed by atoms with E-state index in [0.717, 1.165) is 5.56 Å². The number of amides is 2. The van der Waals surface area contributed by atoms with Crippen molar-refractivity contribution in [2.45, 2.75) is 31.5 Å². The maximum absolute atomic E-state index is 14.7. The van der Waals surface area contributed by atoms with E-state index in [2.05, 4.69) is 10.6 Å². The molecule has 0 aliphatic carbocycles. The van der Waals surface area contributed by atoms with Crippen molar-refractivity contribution in [1.82, 2.24) is 15.2 Å². The normalized spacial score (nSPS) is 18.5. The van der Waals surface area contributed by atoms with Crippen molar-refractivity contribution in [3.8, 4) is 0 Å². The number of fused-ring (bicyclic) bond motifs is 1. The molecule has 2 unspecified atom stereocenters. The molecule has 0 radical (unpaired) electrons. The van der Waals surface area contributed by atoms with Gasteiger partial charge in [-0.3, -0.25) is 9.59 Å². The fourth-order valence-electron chi connectivity index (χ4n) is 4.08. The van der Waals surface area contributed by atoms with Crippen LogP contribution in [0.5, 0.6) is 0 Å². The van der Waals surface area contributed by atoms with Crippen LogP contribution in [-0.4, -0.2) is 53.9 Å². The molecule has 1 saturated heterocycles. The van der Waals surface area contributed by atoms with Gasteiger partial charge in [0, 0.05) is 37.3 Å². The second-order valence-electron chi connectivity index (χ2n) is 7.97. The number of nitrogens with one attached hydrogen (secondary N) is 2. The highest BCUT2D eigenvalue weighted by Gasteiger charge is 2.25. The minimum Gasteiger partial charge on any atom is -0.389 e. The minimum atomic E-state index is -0.747. The van der Waals surface area contributed by atoms with E-state index in [9.17, 15) is 19.1 Å². The molecule has 0 spiro atoms. The Morgan fingerprint density at radius 2 is 2.00 bits per heavy atom. The molecule has 3 aromatic rings. The van der Waals surface area contributed by atoms with E-state index < -0.39 is 6.10 Å². The molecule has 8 heteroatoms. The van der Waals surface area contributed by atoms with E-state index in [1.165, 1.54) is 6.07 Å². The molecule has 1 aromatic heterocycles. The highest BCUT2D eigenvalue weighted by atomic mass is 19.1. The maximum atomic E-state index is 14.7. The predicted octanol–water partition coefficient (Wildman–Crippen LogP) is 2.00.